The number of morpholine rings is 1. The van der Waals surface area contributed by atoms with Crippen LogP contribution in [0.25, 0.3) is 6.08 Å². The number of phenols is 1. The first kappa shape index (κ1) is 13.2. The minimum atomic E-state index is -0.250. The molecule has 0 radical (unpaired) electrons. The summed E-state index contributed by atoms with van der Waals surface area (Å²) >= 11 is 1.35. The number of benzene rings is 1. The van der Waals surface area contributed by atoms with Gasteiger partial charge in [-0.1, -0.05) is 18.2 Å². The average molecular weight is 290 g/mol. The molecule has 1 fully saturated rings. The molecule has 0 bridgehead atoms. The van der Waals surface area contributed by atoms with Gasteiger partial charge >= 0.3 is 0 Å². The van der Waals surface area contributed by atoms with E-state index in [1.165, 1.54) is 11.8 Å². The zero-order valence-corrected chi connectivity index (χ0v) is 11.6. The molecule has 1 aromatic carbocycles. The molecule has 0 saturated carbocycles. The van der Waals surface area contributed by atoms with E-state index in [1.54, 1.807) is 24.3 Å². The Hall–Kier alpha value is -1.79. The Bertz CT molecular complexity index is 592. The van der Waals surface area contributed by atoms with Crippen molar-refractivity contribution in [1.29, 1.82) is 0 Å². The number of amidine groups is 1. The van der Waals surface area contributed by atoms with Crippen LogP contribution in [0.1, 0.15) is 5.56 Å². The van der Waals surface area contributed by atoms with Crippen LogP contribution in [0, 0.1) is 0 Å². The fraction of sp³-hybridized carbons (Fsp3) is 0.286. The molecule has 0 aromatic heterocycles. The van der Waals surface area contributed by atoms with E-state index in [0.29, 0.717) is 23.7 Å². The van der Waals surface area contributed by atoms with E-state index in [0.717, 1.165) is 18.3 Å². The number of hydrogen-bond donors (Lipinski definition) is 1. The van der Waals surface area contributed by atoms with Crippen LogP contribution in [0.2, 0.25) is 0 Å². The van der Waals surface area contributed by atoms with Crippen LogP contribution >= 0.6 is 11.8 Å². The molecule has 5 nitrogen and oxygen atoms in total. The van der Waals surface area contributed by atoms with Gasteiger partial charge in [-0.3, -0.25) is 4.79 Å². The summed E-state index contributed by atoms with van der Waals surface area (Å²) in [6.45, 7) is 2.82. The van der Waals surface area contributed by atoms with Crippen molar-refractivity contribution < 1.29 is 14.6 Å². The Kier molecular flexibility index (Phi) is 3.75. The topological polar surface area (TPSA) is 62.1 Å². The van der Waals surface area contributed by atoms with E-state index in [-0.39, 0.29) is 11.7 Å². The van der Waals surface area contributed by atoms with Gasteiger partial charge in [0, 0.05) is 18.7 Å². The van der Waals surface area contributed by atoms with Crippen molar-refractivity contribution >= 4 is 28.9 Å². The third kappa shape index (κ3) is 2.71. The van der Waals surface area contributed by atoms with Gasteiger partial charge in [0.25, 0.3) is 5.91 Å². The summed E-state index contributed by atoms with van der Waals surface area (Å²) in [6, 6.07) is 6.93. The summed E-state index contributed by atoms with van der Waals surface area (Å²) in [7, 11) is 0. The highest BCUT2D eigenvalue weighted by atomic mass is 32.2. The highest BCUT2D eigenvalue weighted by molar-refractivity contribution is 8.18. The first-order valence-corrected chi connectivity index (χ1v) is 7.19. The van der Waals surface area contributed by atoms with Crippen LogP contribution in [0.4, 0.5) is 0 Å². The number of phenolic OH excluding ortho intramolecular Hbond substituents is 1. The predicted molar refractivity (Wildman–Crippen MR) is 78.5 cm³/mol. The third-order valence-electron chi connectivity index (χ3n) is 3.11. The normalized spacial score (nSPS) is 21.4. The van der Waals surface area contributed by atoms with Gasteiger partial charge in [-0.25, -0.2) is 0 Å². The monoisotopic (exact) mass is 290 g/mol. The summed E-state index contributed by atoms with van der Waals surface area (Å²) in [6.07, 6.45) is 1.68. The standard InChI is InChI=1S/C14H14N2O3S/c17-11-4-2-1-3-10(11)9-12-13(18)15-14(20-12)16-5-7-19-8-6-16/h1-4,9,17H,5-8H2/b12-9+. The zero-order valence-electron chi connectivity index (χ0n) is 10.8. The van der Waals surface area contributed by atoms with Gasteiger partial charge in [-0.2, -0.15) is 4.99 Å². The SMILES string of the molecule is O=C1N=C(N2CCOCC2)S/C1=C/c1ccccc1O. The number of rotatable bonds is 1. The fourth-order valence-electron chi connectivity index (χ4n) is 2.04. The van der Waals surface area contributed by atoms with Crippen molar-refractivity contribution in [1.82, 2.24) is 4.90 Å². The molecule has 2 aliphatic heterocycles. The second kappa shape index (κ2) is 5.68. The lowest BCUT2D eigenvalue weighted by molar-refractivity contribution is -0.113. The number of thioether (sulfide) groups is 1. The molecule has 3 rings (SSSR count). The first-order chi connectivity index (χ1) is 9.74. The van der Waals surface area contributed by atoms with Crippen LogP contribution < -0.4 is 0 Å². The molecule has 0 atom stereocenters. The second-order valence-corrected chi connectivity index (χ2v) is 5.48. The van der Waals surface area contributed by atoms with Crippen molar-refractivity contribution in [3.63, 3.8) is 0 Å². The average Bonchev–Trinajstić information content (AvgIpc) is 2.84. The highest BCUT2D eigenvalue weighted by Crippen LogP contribution is 2.32. The number of nitrogens with zero attached hydrogens (tertiary/aromatic N) is 2. The van der Waals surface area contributed by atoms with Crippen LogP contribution in [-0.2, 0) is 9.53 Å². The highest BCUT2D eigenvalue weighted by Gasteiger charge is 2.27. The lowest BCUT2D eigenvalue weighted by atomic mass is 10.2. The lowest BCUT2D eigenvalue weighted by Crippen LogP contribution is -2.38. The number of ether oxygens (including phenoxy) is 1. The smallest absolute Gasteiger partial charge is 0.286 e. The van der Waals surface area contributed by atoms with E-state index in [2.05, 4.69) is 9.89 Å². The quantitative estimate of drug-likeness (QED) is 0.798. The molecule has 1 aromatic rings. The number of carbonyl (C=O) groups is 1. The van der Waals surface area contributed by atoms with E-state index in [9.17, 15) is 9.90 Å². The van der Waals surface area contributed by atoms with E-state index in [4.69, 9.17) is 4.74 Å². The van der Waals surface area contributed by atoms with Gasteiger partial charge in [0.2, 0.25) is 0 Å². The number of amides is 1. The number of hydrogen-bond acceptors (Lipinski definition) is 5. The van der Waals surface area contributed by atoms with Crippen molar-refractivity contribution in [3.8, 4) is 5.75 Å². The van der Waals surface area contributed by atoms with Crippen LogP contribution in [0.3, 0.4) is 0 Å². The van der Waals surface area contributed by atoms with E-state index < -0.39 is 0 Å². The Balaban J connectivity index is 1.78. The second-order valence-electron chi connectivity index (χ2n) is 4.47. The Morgan fingerprint density at radius 2 is 2.05 bits per heavy atom. The predicted octanol–water partition coefficient (Wildman–Crippen LogP) is 1.69. The molecule has 104 valence electrons. The van der Waals surface area contributed by atoms with Crippen molar-refractivity contribution in [2.24, 2.45) is 4.99 Å². The zero-order chi connectivity index (χ0) is 13.9. The molecule has 0 unspecified atom stereocenters. The van der Waals surface area contributed by atoms with Gasteiger partial charge in [0.15, 0.2) is 5.17 Å². The molecule has 1 saturated heterocycles. The molecule has 1 amide bonds. The Morgan fingerprint density at radius 3 is 2.80 bits per heavy atom. The van der Waals surface area contributed by atoms with Gasteiger partial charge in [-0.05, 0) is 23.9 Å². The number of aromatic hydroxyl groups is 1. The number of carbonyl (C=O) groups excluding carboxylic acids is 1. The molecule has 1 N–H and O–H groups in total. The maximum atomic E-state index is 11.9. The number of para-hydroxylation sites is 1. The summed E-state index contributed by atoms with van der Waals surface area (Å²) in [5, 5.41) is 10.5. The van der Waals surface area contributed by atoms with Gasteiger partial charge in [0.1, 0.15) is 5.75 Å². The summed E-state index contributed by atoms with van der Waals surface area (Å²) in [5.74, 6) is -0.0898. The Labute approximate surface area is 120 Å². The summed E-state index contributed by atoms with van der Waals surface area (Å²) < 4.78 is 5.29. The van der Waals surface area contributed by atoms with E-state index >= 15 is 0 Å². The van der Waals surface area contributed by atoms with Gasteiger partial charge in [0.05, 0.1) is 18.1 Å². The minimum Gasteiger partial charge on any atom is -0.507 e. The molecular formula is C14H14N2O3S. The largest absolute Gasteiger partial charge is 0.507 e. The van der Waals surface area contributed by atoms with Crippen LogP contribution in [0.5, 0.6) is 5.75 Å². The fourth-order valence-corrected chi connectivity index (χ4v) is 2.99. The van der Waals surface area contributed by atoms with E-state index in [1.807, 2.05) is 6.07 Å². The molecule has 2 heterocycles. The molecule has 2 aliphatic rings. The van der Waals surface area contributed by atoms with Crippen LogP contribution in [-0.4, -0.2) is 47.4 Å². The van der Waals surface area contributed by atoms with Gasteiger partial charge in [-0.15, -0.1) is 0 Å². The maximum Gasteiger partial charge on any atom is 0.286 e. The molecule has 0 aliphatic carbocycles. The van der Waals surface area contributed by atoms with Crippen molar-refractivity contribution in [3.05, 3.63) is 34.7 Å². The summed E-state index contributed by atoms with van der Waals surface area (Å²) in [4.78, 5) is 18.6. The van der Waals surface area contributed by atoms with Crippen molar-refractivity contribution in [2.75, 3.05) is 26.3 Å². The molecule has 0 spiro atoms. The molecular weight excluding hydrogens is 276 g/mol. The lowest BCUT2D eigenvalue weighted by Gasteiger charge is -2.27. The summed E-state index contributed by atoms with van der Waals surface area (Å²) in [5.41, 5.74) is 0.627. The number of aliphatic imine (C=N–C) groups is 1. The molecule has 20 heavy (non-hydrogen) atoms. The maximum absolute atomic E-state index is 11.9. The third-order valence-corrected chi connectivity index (χ3v) is 4.16. The van der Waals surface area contributed by atoms with Crippen LogP contribution in [0.15, 0.2) is 34.2 Å². The first-order valence-electron chi connectivity index (χ1n) is 6.37. The van der Waals surface area contributed by atoms with Crippen molar-refractivity contribution in [2.45, 2.75) is 0 Å². The molecule has 6 heteroatoms. The van der Waals surface area contributed by atoms with Gasteiger partial charge < -0.3 is 14.7 Å². The Morgan fingerprint density at radius 1 is 1.30 bits per heavy atom. The minimum absolute atomic E-state index is 0.160.